The Labute approximate surface area is 117 Å². The van der Waals surface area contributed by atoms with Gasteiger partial charge in [0, 0.05) is 0 Å². The summed E-state index contributed by atoms with van der Waals surface area (Å²) in [5, 5.41) is 9.94. The van der Waals surface area contributed by atoms with Crippen molar-refractivity contribution in [2.24, 2.45) is 5.41 Å². The Bertz CT molecular complexity index is 385. The van der Waals surface area contributed by atoms with Crippen molar-refractivity contribution < 1.29 is 9.84 Å². The van der Waals surface area contributed by atoms with Gasteiger partial charge < -0.3 is 9.84 Å². The van der Waals surface area contributed by atoms with Crippen LogP contribution in [-0.4, -0.2) is 17.8 Å². The van der Waals surface area contributed by atoms with E-state index in [0.717, 1.165) is 12.2 Å². The SMILES string of the molecule is CCC(C)(C)c1ccc(OCC(O)C(C)(C)C)cc1. The lowest BCUT2D eigenvalue weighted by atomic mass is 9.82. The third kappa shape index (κ3) is 4.54. The first-order chi connectivity index (χ1) is 8.66. The fourth-order valence-corrected chi connectivity index (χ4v) is 1.63. The fourth-order valence-electron chi connectivity index (χ4n) is 1.63. The monoisotopic (exact) mass is 264 g/mol. The van der Waals surface area contributed by atoms with Crippen LogP contribution in [0.5, 0.6) is 5.75 Å². The first-order valence-electron chi connectivity index (χ1n) is 7.08. The second-order valence-electron chi connectivity index (χ2n) is 6.95. The van der Waals surface area contributed by atoms with E-state index in [9.17, 15) is 5.11 Å². The Morgan fingerprint density at radius 2 is 1.58 bits per heavy atom. The molecule has 0 spiro atoms. The molecule has 1 rings (SSSR count). The van der Waals surface area contributed by atoms with E-state index in [-0.39, 0.29) is 10.8 Å². The van der Waals surface area contributed by atoms with E-state index in [2.05, 4.69) is 32.9 Å². The predicted octanol–water partition coefficient (Wildman–Crippen LogP) is 4.16. The average molecular weight is 264 g/mol. The van der Waals surface area contributed by atoms with Crippen molar-refractivity contribution in [3.05, 3.63) is 29.8 Å². The van der Waals surface area contributed by atoms with E-state index >= 15 is 0 Å². The van der Waals surface area contributed by atoms with Crippen LogP contribution >= 0.6 is 0 Å². The number of benzene rings is 1. The molecule has 1 N–H and O–H groups in total. The third-order valence-corrected chi connectivity index (χ3v) is 3.93. The van der Waals surface area contributed by atoms with Gasteiger partial charge in [-0.1, -0.05) is 53.7 Å². The van der Waals surface area contributed by atoms with Crippen LogP contribution in [0.1, 0.15) is 53.5 Å². The molecule has 108 valence electrons. The molecule has 0 amide bonds. The summed E-state index contributed by atoms with van der Waals surface area (Å²) in [6, 6.07) is 8.20. The summed E-state index contributed by atoms with van der Waals surface area (Å²) >= 11 is 0. The van der Waals surface area contributed by atoms with Crippen molar-refractivity contribution >= 4 is 0 Å². The van der Waals surface area contributed by atoms with Gasteiger partial charge in [0.25, 0.3) is 0 Å². The Morgan fingerprint density at radius 1 is 1.05 bits per heavy atom. The molecule has 0 saturated heterocycles. The zero-order chi connectivity index (χ0) is 14.7. The molecule has 1 aromatic rings. The maximum atomic E-state index is 9.94. The van der Waals surface area contributed by atoms with Gasteiger partial charge in [0.15, 0.2) is 0 Å². The predicted molar refractivity (Wildman–Crippen MR) is 80.7 cm³/mol. The summed E-state index contributed by atoms with van der Waals surface area (Å²) in [6.07, 6.45) is 0.648. The molecule has 1 unspecified atom stereocenters. The van der Waals surface area contributed by atoms with E-state index in [1.54, 1.807) is 0 Å². The lowest BCUT2D eigenvalue weighted by molar-refractivity contribution is 0.0218. The summed E-state index contributed by atoms with van der Waals surface area (Å²) < 4.78 is 5.65. The number of aliphatic hydroxyl groups is 1. The molecule has 0 bridgehead atoms. The zero-order valence-electron chi connectivity index (χ0n) is 13.2. The second-order valence-corrected chi connectivity index (χ2v) is 6.95. The van der Waals surface area contributed by atoms with E-state index in [1.807, 2.05) is 32.9 Å². The standard InChI is InChI=1S/C17H28O2/c1-7-17(5,6)13-8-10-14(11-9-13)19-12-15(18)16(2,3)4/h8-11,15,18H,7,12H2,1-6H3. The van der Waals surface area contributed by atoms with E-state index in [4.69, 9.17) is 4.74 Å². The Morgan fingerprint density at radius 3 is 2.00 bits per heavy atom. The van der Waals surface area contributed by atoms with E-state index in [1.165, 1.54) is 5.56 Å². The Kier molecular flexibility index (Phi) is 5.03. The first-order valence-corrected chi connectivity index (χ1v) is 7.08. The number of aliphatic hydroxyl groups excluding tert-OH is 1. The molecule has 0 aliphatic heterocycles. The highest BCUT2D eigenvalue weighted by molar-refractivity contribution is 5.31. The molecule has 0 fully saturated rings. The lowest BCUT2D eigenvalue weighted by Crippen LogP contribution is -2.31. The number of hydrogen-bond acceptors (Lipinski definition) is 2. The highest BCUT2D eigenvalue weighted by Crippen LogP contribution is 2.28. The minimum absolute atomic E-state index is 0.149. The van der Waals surface area contributed by atoms with Crippen molar-refractivity contribution in [3.8, 4) is 5.75 Å². The first kappa shape index (κ1) is 16.0. The summed E-state index contributed by atoms with van der Waals surface area (Å²) in [6.45, 7) is 13.0. The maximum absolute atomic E-state index is 9.94. The lowest BCUT2D eigenvalue weighted by Gasteiger charge is -2.26. The van der Waals surface area contributed by atoms with E-state index < -0.39 is 6.10 Å². The third-order valence-electron chi connectivity index (χ3n) is 3.93. The van der Waals surface area contributed by atoms with Crippen LogP contribution in [0, 0.1) is 5.41 Å². The van der Waals surface area contributed by atoms with Crippen LogP contribution in [0.15, 0.2) is 24.3 Å². The van der Waals surface area contributed by atoms with Gasteiger partial charge in [0.05, 0.1) is 6.10 Å². The molecule has 1 atom stereocenters. The maximum Gasteiger partial charge on any atom is 0.119 e. The van der Waals surface area contributed by atoms with Crippen molar-refractivity contribution in [1.82, 2.24) is 0 Å². The highest BCUT2D eigenvalue weighted by atomic mass is 16.5. The summed E-state index contributed by atoms with van der Waals surface area (Å²) in [7, 11) is 0. The molecule has 0 aliphatic rings. The highest BCUT2D eigenvalue weighted by Gasteiger charge is 2.23. The van der Waals surface area contributed by atoms with Crippen molar-refractivity contribution in [3.63, 3.8) is 0 Å². The van der Waals surface area contributed by atoms with Crippen LogP contribution in [0.3, 0.4) is 0 Å². The fraction of sp³-hybridized carbons (Fsp3) is 0.647. The van der Waals surface area contributed by atoms with Gasteiger partial charge in [-0.05, 0) is 34.9 Å². The van der Waals surface area contributed by atoms with Gasteiger partial charge >= 0.3 is 0 Å². The minimum Gasteiger partial charge on any atom is -0.491 e. The van der Waals surface area contributed by atoms with Gasteiger partial charge in [-0.2, -0.15) is 0 Å². The smallest absolute Gasteiger partial charge is 0.119 e. The molecule has 2 heteroatoms. The molecule has 0 heterocycles. The normalized spacial score (nSPS) is 14.3. The summed E-state index contributed by atoms with van der Waals surface area (Å²) in [4.78, 5) is 0. The van der Waals surface area contributed by atoms with Crippen LogP contribution in [-0.2, 0) is 5.41 Å². The summed E-state index contributed by atoms with van der Waals surface area (Å²) in [5.41, 5.74) is 1.37. The molecule has 0 aromatic heterocycles. The van der Waals surface area contributed by atoms with E-state index in [0.29, 0.717) is 6.61 Å². The number of ether oxygens (including phenoxy) is 1. The molecular weight excluding hydrogens is 236 g/mol. The molecule has 0 aliphatic carbocycles. The van der Waals surface area contributed by atoms with Gasteiger partial charge in [0.1, 0.15) is 12.4 Å². The topological polar surface area (TPSA) is 29.5 Å². The minimum atomic E-state index is -0.459. The molecule has 0 saturated carbocycles. The zero-order valence-corrected chi connectivity index (χ0v) is 13.2. The molecule has 1 aromatic carbocycles. The van der Waals surface area contributed by atoms with Gasteiger partial charge in [-0.3, -0.25) is 0 Å². The number of hydrogen-bond donors (Lipinski definition) is 1. The molecule has 19 heavy (non-hydrogen) atoms. The molecule has 2 nitrogen and oxygen atoms in total. The Hall–Kier alpha value is -1.02. The van der Waals surface area contributed by atoms with Crippen LogP contribution in [0.2, 0.25) is 0 Å². The van der Waals surface area contributed by atoms with Gasteiger partial charge in [-0.25, -0.2) is 0 Å². The number of rotatable bonds is 5. The summed E-state index contributed by atoms with van der Waals surface area (Å²) in [5.74, 6) is 0.818. The van der Waals surface area contributed by atoms with Crippen molar-refractivity contribution in [2.45, 2.75) is 59.5 Å². The van der Waals surface area contributed by atoms with Crippen molar-refractivity contribution in [2.75, 3.05) is 6.61 Å². The van der Waals surface area contributed by atoms with Gasteiger partial charge in [-0.15, -0.1) is 0 Å². The van der Waals surface area contributed by atoms with Gasteiger partial charge in [0.2, 0.25) is 0 Å². The average Bonchev–Trinajstić information content (AvgIpc) is 2.35. The van der Waals surface area contributed by atoms with Crippen LogP contribution in [0.4, 0.5) is 0 Å². The van der Waals surface area contributed by atoms with Crippen LogP contribution in [0.25, 0.3) is 0 Å². The van der Waals surface area contributed by atoms with Crippen molar-refractivity contribution in [1.29, 1.82) is 0 Å². The quantitative estimate of drug-likeness (QED) is 0.865. The molecular formula is C17H28O2. The van der Waals surface area contributed by atoms with Crippen LogP contribution < -0.4 is 4.74 Å². The Balaban J connectivity index is 2.63. The largest absolute Gasteiger partial charge is 0.491 e. The second kappa shape index (κ2) is 5.96. The molecule has 0 radical (unpaired) electrons.